The topological polar surface area (TPSA) is 82.4 Å². The molecule has 0 aliphatic heterocycles. The fraction of sp³-hybridized carbons (Fsp3) is 0.438. The van der Waals surface area contributed by atoms with Crippen molar-refractivity contribution in [2.45, 2.75) is 25.2 Å². The summed E-state index contributed by atoms with van der Waals surface area (Å²) in [6.07, 6.45) is 0.566. The summed E-state index contributed by atoms with van der Waals surface area (Å²) in [6, 6.07) is 4.67. The van der Waals surface area contributed by atoms with Gasteiger partial charge in [0.05, 0.1) is 19.9 Å². The van der Waals surface area contributed by atoms with E-state index in [9.17, 15) is 8.42 Å². The van der Waals surface area contributed by atoms with E-state index in [1.54, 1.807) is 16.8 Å². The predicted octanol–water partition coefficient (Wildman–Crippen LogP) is 1.58. The highest BCUT2D eigenvalue weighted by molar-refractivity contribution is 7.89. The van der Waals surface area contributed by atoms with Gasteiger partial charge in [-0.25, -0.2) is 13.1 Å². The molecule has 0 bridgehead atoms. The quantitative estimate of drug-likeness (QED) is 0.817. The third kappa shape index (κ3) is 3.70. The van der Waals surface area contributed by atoms with Gasteiger partial charge in [-0.1, -0.05) is 0 Å². The normalized spacial score (nSPS) is 11.5. The Morgan fingerprint density at radius 2 is 1.92 bits per heavy atom. The van der Waals surface area contributed by atoms with E-state index in [1.807, 2.05) is 20.9 Å². The molecule has 0 fully saturated rings. The summed E-state index contributed by atoms with van der Waals surface area (Å²) in [7, 11) is 1.08. The van der Waals surface area contributed by atoms with E-state index in [0.29, 0.717) is 12.2 Å². The molecule has 132 valence electrons. The van der Waals surface area contributed by atoms with Gasteiger partial charge in [-0.15, -0.1) is 0 Å². The molecular formula is C16H23N3O4S. The van der Waals surface area contributed by atoms with Crippen molar-refractivity contribution >= 4 is 10.0 Å². The van der Waals surface area contributed by atoms with Crippen LogP contribution in [0.25, 0.3) is 0 Å². The van der Waals surface area contributed by atoms with Crippen LogP contribution in [0.4, 0.5) is 0 Å². The maximum Gasteiger partial charge on any atom is 0.244 e. The summed E-state index contributed by atoms with van der Waals surface area (Å²) < 4.78 is 39.8. The third-order valence-corrected chi connectivity index (χ3v) is 5.47. The molecule has 2 rings (SSSR count). The first-order valence-electron chi connectivity index (χ1n) is 7.51. The second-order valence-electron chi connectivity index (χ2n) is 5.44. The first-order valence-corrected chi connectivity index (χ1v) is 8.99. The van der Waals surface area contributed by atoms with Gasteiger partial charge in [0.1, 0.15) is 16.4 Å². The van der Waals surface area contributed by atoms with Crippen LogP contribution < -0.4 is 14.2 Å². The van der Waals surface area contributed by atoms with Crippen LogP contribution in [-0.2, 0) is 23.5 Å². The number of rotatable bonds is 7. The standard InChI is InChI=1S/C16H23N3O4S/c1-11-14(12(2)19(3)18-11)8-9-17-24(20,21)16-10-13(22-4)6-7-15(16)23-5/h6-7,10,17H,8-9H2,1-5H3. The first-order chi connectivity index (χ1) is 11.3. The van der Waals surface area contributed by atoms with Gasteiger partial charge in [0.2, 0.25) is 10.0 Å². The lowest BCUT2D eigenvalue weighted by atomic mass is 10.1. The van der Waals surface area contributed by atoms with Crippen molar-refractivity contribution in [2.24, 2.45) is 7.05 Å². The minimum Gasteiger partial charge on any atom is -0.497 e. The summed E-state index contributed by atoms with van der Waals surface area (Å²) in [5.74, 6) is 0.729. The number of ether oxygens (including phenoxy) is 2. The van der Waals surface area contributed by atoms with Crippen LogP contribution in [0.15, 0.2) is 23.1 Å². The zero-order valence-corrected chi connectivity index (χ0v) is 15.4. The van der Waals surface area contributed by atoms with E-state index >= 15 is 0 Å². The number of hydrogen-bond acceptors (Lipinski definition) is 5. The molecule has 0 spiro atoms. The second-order valence-corrected chi connectivity index (χ2v) is 7.17. The molecule has 0 aliphatic rings. The Bertz CT molecular complexity index is 828. The first kappa shape index (κ1) is 18.3. The number of aryl methyl sites for hydroxylation is 2. The Morgan fingerprint density at radius 1 is 1.21 bits per heavy atom. The van der Waals surface area contributed by atoms with E-state index in [-0.39, 0.29) is 17.2 Å². The van der Waals surface area contributed by atoms with Crippen molar-refractivity contribution in [3.8, 4) is 11.5 Å². The van der Waals surface area contributed by atoms with Crippen LogP contribution in [0.2, 0.25) is 0 Å². The van der Waals surface area contributed by atoms with Crippen LogP contribution in [-0.4, -0.2) is 39.0 Å². The molecule has 0 unspecified atom stereocenters. The van der Waals surface area contributed by atoms with E-state index < -0.39 is 10.0 Å². The zero-order chi connectivity index (χ0) is 17.9. The molecule has 24 heavy (non-hydrogen) atoms. The number of hydrogen-bond donors (Lipinski definition) is 1. The van der Waals surface area contributed by atoms with Gasteiger partial charge >= 0.3 is 0 Å². The zero-order valence-electron chi connectivity index (χ0n) is 14.6. The maximum absolute atomic E-state index is 12.6. The number of aromatic nitrogens is 2. The lowest BCUT2D eigenvalue weighted by Crippen LogP contribution is -2.26. The number of benzene rings is 1. The lowest BCUT2D eigenvalue weighted by molar-refractivity contribution is 0.392. The number of nitrogens with zero attached hydrogens (tertiary/aromatic N) is 2. The largest absolute Gasteiger partial charge is 0.497 e. The van der Waals surface area contributed by atoms with Crippen LogP contribution in [0.5, 0.6) is 11.5 Å². The summed E-state index contributed by atoms with van der Waals surface area (Å²) in [5, 5.41) is 4.34. The Labute approximate surface area is 142 Å². The van der Waals surface area contributed by atoms with E-state index in [4.69, 9.17) is 9.47 Å². The summed E-state index contributed by atoms with van der Waals surface area (Å²) in [4.78, 5) is 0.0592. The van der Waals surface area contributed by atoms with Crippen molar-refractivity contribution in [1.29, 1.82) is 0 Å². The summed E-state index contributed by atoms with van der Waals surface area (Å²) in [6.45, 7) is 4.16. The molecular weight excluding hydrogens is 330 g/mol. The van der Waals surface area contributed by atoms with E-state index in [0.717, 1.165) is 17.0 Å². The maximum atomic E-state index is 12.6. The predicted molar refractivity (Wildman–Crippen MR) is 91.1 cm³/mol. The monoisotopic (exact) mass is 353 g/mol. The van der Waals surface area contributed by atoms with Crippen LogP contribution in [0.3, 0.4) is 0 Å². The highest BCUT2D eigenvalue weighted by Gasteiger charge is 2.20. The number of methoxy groups -OCH3 is 2. The van der Waals surface area contributed by atoms with Crippen LogP contribution >= 0.6 is 0 Å². The highest BCUT2D eigenvalue weighted by atomic mass is 32.2. The minimum absolute atomic E-state index is 0.0592. The number of sulfonamides is 1. The van der Waals surface area contributed by atoms with Crippen molar-refractivity contribution in [3.63, 3.8) is 0 Å². The van der Waals surface area contributed by atoms with Crippen molar-refractivity contribution < 1.29 is 17.9 Å². The molecule has 1 aromatic carbocycles. The van der Waals surface area contributed by atoms with Gasteiger partial charge in [0, 0.05) is 25.4 Å². The van der Waals surface area contributed by atoms with Gasteiger partial charge in [-0.05, 0) is 38.0 Å². The molecule has 0 radical (unpaired) electrons. The van der Waals surface area contributed by atoms with Gasteiger partial charge in [-0.3, -0.25) is 4.68 Å². The molecule has 1 heterocycles. The fourth-order valence-corrected chi connectivity index (χ4v) is 3.78. The Morgan fingerprint density at radius 3 is 2.46 bits per heavy atom. The summed E-state index contributed by atoms with van der Waals surface area (Å²) in [5.41, 5.74) is 3.00. The second kappa shape index (κ2) is 7.23. The van der Waals surface area contributed by atoms with Crippen molar-refractivity contribution in [1.82, 2.24) is 14.5 Å². The van der Waals surface area contributed by atoms with Gasteiger partial charge in [0.15, 0.2) is 0 Å². The minimum atomic E-state index is -3.71. The van der Waals surface area contributed by atoms with Crippen molar-refractivity contribution in [3.05, 3.63) is 35.2 Å². The molecule has 0 aliphatic carbocycles. The van der Waals surface area contributed by atoms with Crippen molar-refractivity contribution in [2.75, 3.05) is 20.8 Å². The molecule has 8 heteroatoms. The van der Waals surface area contributed by atoms with E-state index in [1.165, 1.54) is 20.3 Å². The lowest BCUT2D eigenvalue weighted by Gasteiger charge is -2.12. The Hall–Kier alpha value is -2.06. The van der Waals surface area contributed by atoms with Gasteiger partial charge < -0.3 is 9.47 Å². The molecule has 0 atom stereocenters. The Kier molecular flexibility index (Phi) is 5.51. The highest BCUT2D eigenvalue weighted by Crippen LogP contribution is 2.28. The fourth-order valence-electron chi connectivity index (χ4n) is 2.56. The third-order valence-electron chi connectivity index (χ3n) is 3.99. The molecule has 2 aromatic rings. The molecule has 0 saturated heterocycles. The smallest absolute Gasteiger partial charge is 0.244 e. The van der Waals surface area contributed by atoms with Gasteiger partial charge in [-0.2, -0.15) is 5.10 Å². The van der Waals surface area contributed by atoms with Crippen LogP contribution in [0.1, 0.15) is 17.0 Å². The SMILES string of the molecule is COc1ccc(OC)c(S(=O)(=O)NCCc2c(C)nn(C)c2C)c1. The summed E-state index contributed by atoms with van der Waals surface area (Å²) >= 11 is 0. The molecule has 0 amide bonds. The number of nitrogens with one attached hydrogen (secondary N) is 1. The molecule has 7 nitrogen and oxygen atoms in total. The Balaban J connectivity index is 2.17. The molecule has 1 N–H and O–H groups in total. The van der Waals surface area contributed by atoms with Crippen LogP contribution in [0, 0.1) is 13.8 Å². The molecule has 0 saturated carbocycles. The van der Waals surface area contributed by atoms with E-state index in [2.05, 4.69) is 9.82 Å². The average Bonchev–Trinajstić information content (AvgIpc) is 2.80. The average molecular weight is 353 g/mol. The van der Waals surface area contributed by atoms with Gasteiger partial charge in [0.25, 0.3) is 0 Å². The molecule has 1 aromatic heterocycles.